The number of ether oxygens (including phenoxy) is 3. The Morgan fingerprint density at radius 2 is 0.539 bits per heavy atom. The average molecular weight is 1050 g/mol. The Morgan fingerprint density at radius 1 is 0.276 bits per heavy atom. The Balaban J connectivity index is 4.35. The largest absolute Gasteiger partial charge is 0.462 e. The van der Waals surface area contributed by atoms with Crippen molar-refractivity contribution in [2.24, 2.45) is 0 Å². The summed E-state index contributed by atoms with van der Waals surface area (Å²) in [4.78, 5) is 38.1. The van der Waals surface area contributed by atoms with Gasteiger partial charge in [0.2, 0.25) is 0 Å². The number of rotatable bonds is 54. The van der Waals surface area contributed by atoms with Gasteiger partial charge < -0.3 is 14.2 Å². The summed E-state index contributed by atoms with van der Waals surface area (Å²) < 4.78 is 16.8. The molecule has 0 aromatic heterocycles. The van der Waals surface area contributed by atoms with Crippen LogP contribution in [0.5, 0.6) is 0 Å². The molecule has 0 aliphatic heterocycles. The van der Waals surface area contributed by atoms with Crippen LogP contribution in [0.4, 0.5) is 0 Å². The molecule has 0 radical (unpaired) electrons. The van der Waals surface area contributed by atoms with Crippen molar-refractivity contribution in [2.45, 2.75) is 264 Å². The zero-order valence-electron chi connectivity index (χ0n) is 49.0. The summed E-state index contributed by atoms with van der Waals surface area (Å²) in [6.07, 6.45) is 90.1. The summed E-state index contributed by atoms with van der Waals surface area (Å²) in [5.74, 6) is -1.01. The molecule has 0 N–H and O–H groups in total. The Hall–Kier alpha value is -4.71. The Morgan fingerprint density at radius 3 is 0.855 bits per heavy atom. The molecule has 1 unspecified atom stereocenters. The smallest absolute Gasteiger partial charge is 0.306 e. The van der Waals surface area contributed by atoms with Crippen molar-refractivity contribution in [3.05, 3.63) is 146 Å². The molecule has 0 aliphatic carbocycles. The van der Waals surface area contributed by atoms with E-state index >= 15 is 0 Å². The third-order valence-corrected chi connectivity index (χ3v) is 12.6. The third kappa shape index (κ3) is 60.2. The van der Waals surface area contributed by atoms with Crippen molar-refractivity contribution in [1.29, 1.82) is 0 Å². The number of esters is 3. The molecule has 0 spiro atoms. The highest BCUT2D eigenvalue weighted by atomic mass is 16.6. The SMILES string of the molecule is CC/C=C\C/C=C\C/C=C\C/C=C\C/C=C\C/C=C\CCCCCCCCCCCCC(=O)OCC(COC(=O)CCCCCCCCCCCC)OC(=O)CC/C=C\C/C=C\C/C=C\C/C=C\C/C=C\C/C=C\CC. The number of unbranched alkanes of at least 4 members (excludes halogenated alkanes) is 19. The van der Waals surface area contributed by atoms with Crippen LogP contribution in [-0.4, -0.2) is 37.2 Å². The third-order valence-electron chi connectivity index (χ3n) is 12.6. The molecule has 0 aromatic rings. The molecule has 6 heteroatoms. The highest BCUT2D eigenvalue weighted by molar-refractivity contribution is 5.71. The normalized spacial score (nSPS) is 13.1. The van der Waals surface area contributed by atoms with E-state index in [4.69, 9.17) is 14.2 Å². The highest BCUT2D eigenvalue weighted by Crippen LogP contribution is 2.15. The first-order valence-electron chi connectivity index (χ1n) is 30.8. The van der Waals surface area contributed by atoms with Gasteiger partial charge in [-0.25, -0.2) is 0 Å². The number of hydrogen-bond acceptors (Lipinski definition) is 6. The lowest BCUT2D eigenvalue weighted by atomic mass is 10.1. The van der Waals surface area contributed by atoms with Gasteiger partial charge in [-0.15, -0.1) is 0 Å². The second-order valence-electron chi connectivity index (χ2n) is 19.9. The number of hydrogen-bond donors (Lipinski definition) is 0. The van der Waals surface area contributed by atoms with Crippen LogP contribution in [0, 0.1) is 0 Å². The molecule has 0 bridgehead atoms. The Bertz CT molecular complexity index is 1680. The molecule has 6 nitrogen and oxygen atoms in total. The molecule has 0 aliphatic rings. The molecule has 0 saturated carbocycles. The van der Waals surface area contributed by atoms with Gasteiger partial charge in [0.05, 0.1) is 0 Å². The predicted molar refractivity (Wildman–Crippen MR) is 329 cm³/mol. The first-order valence-corrected chi connectivity index (χ1v) is 30.8. The molecule has 0 fully saturated rings. The number of carbonyl (C=O) groups is 3. The average Bonchev–Trinajstić information content (AvgIpc) is 3.42. The summed E-state index contributed by atoms with van der Waals surface area (Å²) in [7, 11) is 0. The first kappa shape index (κ1) is 71.3. The summed E-state index contributed by atoms with van der Waals surface area (Å²) in [5.41, 5.74) is 0. The van der Waals surface area contributed by atoms with Gasteiger partial charge in [-0.2, -0.15) is 0 Å². The fraction of sp³-hybridized carbons (Fsp3) is 0.614. The second kappa shape index (κ2) is 62.8. The molecule has 0 aromatic carbocycles. The van der Waals surface area contributed by atoms with Crippen LogP contribution in [-0.2, 0) is 28.6 Å². The minimum atomic E-state index is -0.824. The van der Waals surface area contributed by atoms with Crippen molar-refractivity contribution in [1.82, 2.24) is 0 Å². The second-order valence-corrected chi connectivity index (χ2v) is 19.9. The van der Waals surface area contributed by atoms with E-state index in [0.717, 1.165) is 122 Å². The molecule has 428 valence electrons. The summed E-state index contributed by atoms with van der Waals surface area (Å²) in [6.45, 7) is 6.33. The van der Waals surface area contributed by atoms with Crippen molar-refractivity contribution in [3.63, 3.8) is 0 Å². The van der Waals surface area contributed by atoms with Gasteiger partial charge in [0.25, 0.3) is 0 Å². The summed E-state index contributed by atoms with van der Waals surface area (Å²) >= 11 is 0. The zero-order chi connectivity index (χ0) is 55.0. The highest BCUT2D eigenvalue weighted by Gasteiger charge is 2.19. The molecule has 76 heavy (non-hydrogen) atoms. The molecule has 1 atom stereocenters. The van der Waals surface area contributed by atoms with Gasteiger partial charge in [0, 0.05) is 19.3 Å². The zero-order valence-corrected chi connectivity index (χ0v) is 49.0. The molecule has 0 amide bonds. The van der Waals surface area contributed by atoms with Gasteiger partial charge in [-0.1, -0.05) is 276 Å². The molecule has 0 heterocycles. The van der Waals surface area contributed by atoms with E-state index in [1.54, 1.807) is 0 Å². The van der Waals surface area contributed by atoms with Gasteiger partial charge in [0.1, 0.15) is 13.2 Å². The fourth-order valence-electron chi connectivity index (χ4n) is 8.06. The van der Waals surface area contributed by atoms with Gasteiger partial charge in [0.15, 0.2) is 6.10 Å². The maximum Gasteiger partial charge on any atom is 0.306 e. The minimum Gasteiger partial charge on any atom is -0.462 e. The Labute approximate surface area is 467 Å². The quantitative estimate of drug-likeness (QED) is 0.0261. The van der Waals surface area contributed by atoms with Gasteiger partial charge >= 0.3 is 17.9 Å². The minimum absolute atomic E-state index is 0.112. The lowest BCUT2D eigenvalue weighted by Crippen LogP contribution is -2.30. The van der Waals surface area contributed by atoms with Crippen molar-refractivity contribution in [2.75, 3.05) is 13.2 Å². The van der Waals surface area contributed by atoms with E-state index in [-0.39, 0.29) is 31.6 Å². The fourth-order valence-corrected chi connectivity index (χ4v) is 8.06. The van der Waals surface area contributed by atoms with Gasteiger partial charge in [-0.05, 0) is 109 Å². The van der Waals surface area contributed by atoms with Crippen molar-refractivity contribution in [3.8, 4) is 0 Å². The maximum absolute atomic E-state index is 12.8. The van der Waals surface area contributed by atoms with Crippen LogP contribution in [0.1, 0.15) is 258 Å². The standard InChI is InChI=1S/C70H112O6/c1-4-7-10-13-16-19-22-24-26-28-30-31-32-33-34-35-36-37-38-39-41-42-44-46-48-51-54-57-60-63-69(72)75-66-67(65-74-68(71)62-59-56-53-50-21-18-15-12-9-6-3)76-70(73)64-61-58-55-52-49-47-45-43-40-29-27-25-23-20-17-14-11-8-5-2/h7-8,10-11,16-17,19-20,24-27,30-31,33-34,36-37,40,43,47,49,55,58,67H,4-6,9,12-15,18,21-23,28-29,32,35,38-39,41-42,44-46,48,50-54,56-57,59-66H2,1-3H3/b10-7-,11-8-,19-16-,20-17-,26-24-,27-25-,31-30-,34-33-,37-36-,43-40-,49-47-,58-55-. The molecule has 0 rings (SSSR count). The van der Waals surface area contributed by atoms with Crippen molar-refractivity contribution < 1.29 is 28.6 Å². The van der Waals surface area contributed by atoms with E-state index in [2.05, 4.69) is 154 Å². The van der Waals surface area contributed by atoms with E-state index < -0.39 is 12.1 Å². The van der Waals surface area contributed by atoms with E-state index in [1.807, 2.05) is 12.2 Å². The van der Waals surface area contributed by atoms with Crippen LogP contribution in [0.25, 0.3) is 0 Å². The van der Waals surface area contributed by atoms with E-state index in [9.17, 15) is 14.4 Å². The summed E-state index contributed by atoms with van der Waals surface area (Å²) in [6, 6.07) is 0. The lowest BCUT2D eigenvalue weighted by Gasteiger charge is -2.18. The van der Waals surface area contributed by atoms with Crippen LogP contribution in [0.3, 0.4) is 0 Å². The maximum atomic E-state index is 12.8. The molecular weight excluding hydrogens is 937 g/mol. The Kier molecular flexibility index (Phi) is 58.9. The van der Waals surface area contributed by atoms with E-state index in [0.29, 0.717) is 19.3 Å². The molecule has 0 saturated heterocycles. The monoisotopic (exact) mass is 1050 g/mol. The predicted octanol–water partition coefficient (Wildman–Crippen LogP) is 21.2. The van der Waals surface area contributed by atoms with Crippen LogP contribution in [0.15, 0.2) is 146 Å². The first-order chi connectivity index (χ1) is 37.5. The summed E-state index contributed by atoms with van der Waals surface area (Å²) in [5, 5.41) is 0. The van der Waals surface area contributed by atoms with Crippen molar-refractivity contribution >= 4 is 17.9 Å². The van der Waals surface area contributed by atoms with Gasteiger partial charge in [-0.3, -0.25) is 14.4 Å². The molecular formula is C70H112O6. The number of carbonyl (C=O) groups excluding carboxylic acids is 3. The van der Waals surface area contributed by atoms with Crippen LogP contribution < -0.4 is 0 Å². The topological polar surface area (TPSA) is 78.9 Å². The van der Waals surface area contributed by atoms with Crippen LogP contribution >= 0.6 is 0 Å². The van der Waals surface area contributed by atoms with Crippen LogP contribution in [0.2, 0.25) is 0 Å². The number of allylic oxidation sites excluding steroid dienone is 24. The lowest BCUT2D eigenvalue weighted by molar-refractivity contribution is -0.166. The van der Waals surface area contributed by atoms with E-state index in [1.165, 1.54) is 89.9 Å².